The van der Waals surface area contributed by atoms with Gasteiger partial charge in [0.1, 0.15) is 0 Å². The van der Waals surface area contributed by atoms with Gasteiger partial charge in [0.15, 0.2) is 5.03 Å². The highest BCUT2D eigenvalue weighted by Crippen LogP contribution is 2.22. The van der Waals surface area contributed by atoms with E-state index in [1.165, 1.54) is 4.31 Å². The predicted octanol–water partition coefficient (Wildman–Crippen LogP) is 1.80. The highest BCUT2D eigenvalue weighted by molar-refractivity contribution is 7.89. The maximum atomic E-state index is 12.8. The largest absolute Gasteiger partial charge is 0.313 e. The molecule has 0 aliphatic rings. The number of nitrogens with one attached hydrogen (secondary N) is 2. The molecule has 0 bridgehead atoms. The summed E-state index contributed by atoms with van der Waals surface area (Å²) in [6, 6.07) is -0.151. The van der Waals surface area contributed by atoms with E-state index in [-0.39, 0.29) is 17.6 Å². The fourth-order valence-electron chi connectivity index (χ4n) is 2.07. The molecule has 0 saturated heterocycles. The molecule has 1 aromatic rings. The van der Waals surface area contributed by atoms with Crippen molar-refractivity contribution in [3.05, 3.63) is 23.9 Å². The van der Waals surface area contributed by atoms with Gasteiger partial charge in [-0.2, -0.15) is 9.40 Å². The molecule has 0 fully saturated rings. The molecule has 0 radical (unpaired) electrons. The molecule has 7 heteroatoms. The standard InChI is InChI=1S/C14H26N4O2S/c1-6-8-15-10-13-12(5)16-17-14(13)21(19,20)18(9-7-2)11(3)4/h7,11,15H,2,6,8-10H2,1,3-5H3,(H,16,17). The van der Waals surface area contributed by atoms with Crippen LogP contribution in [-0.2, 0) is 16.6 Å². The number of hydrogen-bond acceptors (Lipinski definition) is 4. The quantitative estimate of drug-likeness (QED) is 0.538. The van der Waals surface area contributed by atoms with Crippen LogP contribution in [0.25, 0.3) is 0 Å². The van der Waals surface area contributed by atoms with Crippen LogP contribution in [0.3, 0.4) is 0 Å². The van der Waals surface area contributed by atoms with Crippen molar-refractivity contribution in [3.8, 4) is 0 Å². The highest BCUT2D eigenvalue weighted by atomic mass is 32.2. The predicted molar refractivity (Wildman–Crippen MR) is 84.5 cm³/mol. The Morgan fingerprint density at radius 3 is 2.67 bits per heavy atom. The van der Waals surface area contributed by atoms with E-state index in [0.29, 0.717) is 12.1 Å². The lowest BCUT2D eigenvalue weighted by molar-refractivity contribution is 0.380. The van der Waals surface area contributed by atoms with Gasteiger partial charge >= 0.3 is 0 Å². The summed E-state index contributed by atoms with van der Waals surface area (Å²) in [4.78, 5) is 0. The van der Waals surface area contributed by atoms with E-state index in [2.05, 4.69) is 29.0 Å². The second-order valence-electron chi connectivity index (χ2n) is 5.27. The van der Waals surface area contributed by atoms with Gasteiger partial charge in [-0.05, 0) is 33.7 Å². The molecule has 0 unspecified atom stereocenters. The summed E-state index contributed by atoms with van der Waals surface area (Å²) < 4.78 is 27.0. The van der Waals surface area contributed by atoms with E-state index >= 15 is 0 Å². The van der Waals surface area contributed by atoms with Gasteiger partial charge in [0, 0.05) is 30.4 Å². The zero-order chi connectivity index (χ0) is 16.0. The SMILES string of the molecule is C=CCN(C(C)C)S(=O)(=O)c1n[nH]c(C)c1CNCCC. The smallest absolute Gasteiger partial charge is 0.263 e. The first-order valence-corrected chi connectivity index (χ1v) is 8.67. The summed E-state index contributed by atoms with van der Waals surface area (Å²) in [5.41, 5.74) is 1.48. The Kier molecular flexibility index (Phi) is 6.57. The van der Waals surface area contributed by atoms with Crippen LogP contribution in [0.2, 0.25) is 0 Å². The second kappa shape index (κ2) is 7.72. The minimum Gasteiger partial charge on any atom is -0.313 e. The average Bonchev–Trinajstić information content (AvgIpc) is 2.78. The molecule has 120 valence electrons. The minimum atomic E-state index is -3.63. The molecule has 6 nitrogen and oxygen atoms in total. The molecule has 0 aliphatic heterocycles. The third kappa shape index (κ3) is 4.15. The van der Waals surface area contributed by atoms with E-state index < -0.39 is 10.0 Å². The monoisotopic (exact) mass is 314 g/mol. The van der Waals surface area contributed by atoms with E-state index in [0.717, 1.165) is 18.7 Å². The molecule has 0 aliphatic carbocycles. The lowest BCUT2D eigenvalue weighted by Gasteiger charge is -2.24. The maximum Gasteiger partial charge on any atom is 0.263 e. The minimum absolute atomic E-state index is 0.110. The van der Waals surface area contributed by atoms with Gasteiger partial charge in [-0.1, -0.05) is 13.0 Å². The van der Waals surface area contributed by atoms with Crippen LogP contribution in [0.15, 0.2) is 17.7 Å². The van der Waals surface area contributed by atoms with Crippen molar-refractivity contribution < 1.29 is 8.42 Å². The summed E-state index contributed by atoms with van der Waals surface area (Å²) in [5.74, 6) is 0. The van der Waals surface area contributed by atoms with Crippen molar-refractivity contribution in [2.75, 3.05) is 13.1 Å². The molecular formula is C14H26N4O2S. The molecule has 0 spiro atoms. The van der Waals surface area contributed by atoms with Crippen LogP contribution in [0.1, 0.15) is 38.4 Å². The number of rotatable bonds is 9. The number of nitrogens with zero attached hydrogens (tertiary/aromatic N) is 2. The van der Waals surface area contributed by atoms with Gasteiger partial charge in [-0.25, -0.2) is 8.42 Å². The van der Waals surface area contributed by atoms with Crippen LogP contribution in [-0.4, -0.2) is 42.1 Å². The summed E-state index contributed by atoms with van der Waals surface area (Å²) in [6.45, 7) is 12.8. The van der Waals surface area contributed by atoms with Gasteiger partial charge in [-0.15, -0.1) is 6.58 Å². The Morgan fingerprint density at radius 1 is 1.48 bits per heavy atom. The Bertz CT molecular complexity index is 564. The summed E-state index contributed by atoms with van der Waals surface area (Å²) in [6.07, 6.45) is 2.58. The maximum absolute atomic E-state index is 12.8. The molecule has 0 saturated carbocycles. The number of hydrogen-bond donors (Lipinski definition) is 2. The molecule has 2 N–H and O–H groups in total. The highest BCUT2D eigenvalue weighted by Gasteiger charge is 2.31. The lowest BCUT2D eigenvalue weighted by atomic mass is 10.2. The molecule has 1 rings (SSSR count). The fourth-order valence-corrected chi connectivity index (χ4v) is 3.84. The van der Waals surface area contributed by atoms with Crippen molar-refractivity contribution in [2.24, 2.45) is 0 Å². The zero-order valence-electron chi connectivity index (χ0n) is 13.3. The Balaban J connectivity index is 3.15. The third-order valence-corrected chi connectivity index (χ3v) is 5.22. The first-order chi connectivity index (χ1) is 9.86. The number of sulfonamides is 1. The first kappa shape index (κ1) is 17.9. The molecule has 1 heterocycles. The molecular weight excluding hydrogens is 288 g/mol. The van der Waals surface area contributed by atoms with Gasteiger partial charge in [0.25, 0.3) is 10.0 Å². The first-order valence-electron chi connectivity index (χ1n) is 7.23. The lowest BCUT2D eigenvalue weighted by Crippen LogP contribution is -2.37. The van der Waals surface area contributed by atoms with Crippen LogP contribution < -0.4 is 5.32 Å². The van der Waals surface area contributed by atoms with Crippen molar-refractivity contribution >= 4 is 10.0 Å². The topological polar surface area (TPSA) is 78.1 Å². The average molecular weight is 314 g/mol. The van der Waals surface area contributed by atoms with Crippen molar-refractivity contribution in [1.29, 1.82) is 0 Å². The zero-order valence-corrected chi connectivity index (χ0v) is 14.1. The summed E-state index contributed by atoms with van der Waals surface area (Å²) in [7, 11) is -3.63. The normalized spacial score (nSPS) is 12.3. The van der Waals surface area contributed by atoms with Crippen molar-refractivity contribution in [2.45, 2.75) is 51.7 Å². The molecule has 0 aromatic carbocycles. The number of aromatic nitrogens is 2. The van der Waals surface area contributed by atoms with Crippen LogP contribution in [0.4, 0.5) is 0 Å². The summed E-state index contributed by atoms with van der Waals surface area (Å²) in [5, 5.41) is 10.1. The third-order valence-electron chi connectivity index (χ3n) is 3.20. The van der Waals surface area contributed by atoms with Crippen molar-refractivity contribution in [3.63, 3.8) is 0 Å². The molecule has 0 amide bonds. The number of H-pyrrole nitrogens is 1. The van der Waals surface area contributed by atoms with E-state index in [1.807, 2.05) is 20.8 Å². The molecule has 0 atom stereocenters. The Morgan fingerprint density at radius 2 is 2.14 bits per heavy atom. The van der Waals surface area contributed by atoms with Crippen LogP contribution in [0, 0.1) is 6.92 Å². The van der Waals surface area contributed by atoms with Gasteiger partial charge in [-0.3, -0.25) is 5.10 Å². The van der Waals surface area contributed by atoms with Crippen LogP contribution in [0.5, 0.6) is 0 Å². The van der Waals surface area contributed by atoms with Gasteiger partial charge in [0.05, 0.1) is 0 Å². The van der Waals surface area contributed by atoms with E-state index in [9.17, 15) is 8.42 Å². The Hall–Kier alpha value is -1.18. The van der Waals surface area contributed by atoms with Crippen molar-refractivity contribution in [1.82, 2.24) is 19.8 Å². The van der Waals surface area contributed by atoms with Gasteiger partial charge in [0.2, 0.25) is 0 Å². The van der Waals surface area contributed by atoms with Gasteiger partial charge < -0.3 is 5.32 Å². The molecule has 1 aromatic heterocycles. The summed E-state index contributed by atoms with van der Waals surface area (Å²) >= 11 is 0. The molecule has 21 heavy (non-hydrogen) atoms. The number of aryl methyl sites for hydroxylation is 1. The van der Waals surface area contributed by atoms with Crippen LogP contribution >= 0.6 is 0 Å². The second-order valence-corrected chi connectivity index (χ2v) is 7.07. The van der Waals surface area contributed by atoms with E-state index in [4.69, 9.17) is 0 Å². The fraction of sp³-hybridized carbons (Fsp3) is 0.643. The Labute approximate surface area is 127 Å². The van der Waals surface area contributed by atoms with E-state index in [1.54, 1.807) is 6.08 Å². The number of aromatic amines is 1.